The van der Waals surface area contributed by atoms with Crippen molar-refractivity contribution >= 4 is 30.1 Å². The molecule has 2 rings (SSSR count). The molecule has 0 aromatic heterocycles. The molecule has 1 heterocycles. The van der Waals surface area contributed by atoms with Gasteiger partial charge in [0.2, 0.25) is 5.91 Å². The molecule has 106 valence electrons. The van der Waals surface area contributed by atoms with E-state index in [1.807, 2.05) is 47.0 Å². The van der Waals surface area contributed by atoms with Gasteiger partial charge in [-0.15, -0.1) is 12.4 Å². The van der Waals surface area contributed by atoms with Crippen molar-refractivity contribution in [3.05, 3.63) is 35.9 Å². The monoisotopic (exact) mass is 300 g/mol. The average molecular weight is 301 g/mol. The van der Waals surface area contributed by atoms with E-state index in [1.54, 1.807) is 0 Å². The third-order valence-corrected chi connectivity index (χ3v) is 4.30. The highest BCUT2D eigenvalue weighted by Gasteiger charge is 2.25. The summed E-state index contributed by atoms with van der Waals surface area (Å²) in [6.45, 7) is 3.81. The van der Waals surface area contributed by atoms with E-state index < -0.39 is 6.04 Å². The summed E-state index contributed by atoms with van der Waals surface area (Å²) in [5.41, 5.74) is 7.15. The lowest BCUT2D eigenvalue weighted by atomic mass is 10.1. The third kappa shape index (κ3) is 4.71. The molecular formula is C14H21ClN2OS. The highest BCUT2D eigenvalue weighted by Crippen LogP contribution is 2.18. The first kappa shape index (κ1) is 16.3. The lowest BCUT2D eigenvalue weighted by molar-refractivity contribution is -0.132. The lowest BCUT2D eigenvalue weighted by Gasteiger charge is -2.32. The van der Waals surface area contributed by atoms with Crippen molar-refractivity contribution in [1.82, 2.24) is 4.90 Å². The van der Waals surface area contributed by atoms with Crippen LogP contribution in [0.1, 0.15) is 12.5 Å². The zero-order valence-corrected chi connectivity index (χ0v) is 12.8. The first-order valence-electron chi connectivity index (χ1n) is 6.36. The number of carbonyl (C=O) groups excluding carboxylic acids is 1. The number of thioether (sulfide) groups is 1. The minimum atomic E-state index is -0.414. The molecule has 0 bridgehead atoms. The van der Waals surface area contributed by atoms with E-state index in [4.69, 9.17) is 5.73 Å². The van der Waals surface area contributed by atoms with E-state index in [0.717, 1.165) is 24.4 Å². The number of benzene rings is 1. The summed E-state index contributed by atoms with van der Waals surface area (Å²) < 4.78 is 0. The maximum Gasteiger partial charge on any atom is 0.239 e. The van der Waals surface area contributed by atoms with Crippen LogP contribution < -0.4 is 5.73 Å². The molecule has 1 aromatic rings. The Kier molecular flexibility index (Phi) is 6.69. The Bertz CT molecular complexity index is 402. The number of hydrogen-bond donors (Lipinski definition) is 1. The molecule has 19 heavy (non-hydrogen) atoms. The topological polar surface area (TPSA) is 46.3 Å². The van der Waals surface area contributed by atoms with Crippen molar-refractivity contribution in [2.75, 3.05) is 18.8 Å². The second kappa shape index (κ2) is 7.78. The van der Waals surface area contributed by atoms with Gasteiger partial charge in [-0.1, -0.05) is 37.3 Å². The summed E-state index contributed by atoms with van der Waals surface area (Å²) in [5.74, 6) is 1.11. The van der Waals surface area contributed by atoms with E-state index in [2.05, 4.69) is 6.92 Å². The van der Waals surface area contributed by atoms with Gasteiger partial charge in [-0.25, -0.2) is 0 Å². The van der Waals surface area contributed by atoms with Gasteiger partial charge in [-0.3, -0.25) is 4.79 Å². The lowest BCUT2D eigenvalue weighted by Crippen LogP contribution is -2.49. The second-order valence-electron chi connectivity index (χ2n) is 4.76. The standard InChI is InChI=1S/C14H20N2OS.ClH/c1-11-10-16(7-8-18-11)14(17)13(15)9-12-5-3-2-4-6-12;/h2-6,11,13H,7-10,15H2,1H3;1H. The number of rotatable bonds is 3. The third-order valence-electron chi connectivity index (χ3n) is 3.17. The molecule has 5 heteroatoms. The fraction of sp³-hybridized carbons (Fsp3) is 0.500. The second-order valence-corrected chi connectivity index (χ2v) is 6.31. The van der Waals surface area contributed by atoms with Crippen LogP contribution in [0.2, 0.25) is 0 Å². The van der Waals surface area contributed by atoms with Gasteiger partial charge in [0.15, 0.2) is 0 Å². The van der Waals surface area contributed by atoms with E-state index in [1.165, 1.54) is 0 Å². The zero-order valence-electron chi connectivity index (χ0n) is 11.1. The predicted molar refractivity (Wildman–Crippen MR) is 83.9 cm³/mol. The van der Waals surface area contributed by atoms with E-state index in [-0.39, 0.29) is 18.3 Å². The summed E-state index contributed by atoms with van der Waals surface area (Å²) in [5, 5.41) is 0.520. The summed E-state index contributed by atoms with van der Waals surface area (Å²) in [6, 6.07) is 9.55. The van der Waals surface area contributed by atoms with Gasteiger partial charge in [0.1, 0.15) is 0 Å². The normalized spacial score (nSPS) is 20.5. The largest absolute Gasteiger partial charge is 0.339 e. The molecule has 1 saturated heterocycles. The Morgan fingerprint density at radius 3 is 2.79 bits per heavy atom. The first-order chi connectivity index (χ1) is 8.66. The maximum absolute atomic E-state index is 12.2. The van der Waals surface area contributed by atoms with Crippen molar-refractivity contribution in [1.29, 1.82) is 0 Å². The Morgan fingerprint density at radius 1 is 1.47 bits per heavy atom. The highest BCUT2D eigenvalue weighted by atomic mass is 35.5. The number of halogens is 1. The van der Waals surface area contributed by atoms with E-state index >= 15 is 0 Å². The molecule has 1 aromatic carbocycles. The van der Waals surface area contributed by atoms with Gasteiger partial charge in [0, 0.05) is 24.1 Å². The molecule has 0 radical (unpaired) electrons. The van der Waals surface area contributed by atoms with Crippen molar-refractivity contribution in [3.8, 4) is 0 Å². The predicted octanol–water partition coefficient (Wildman–Crippen LogP) is 1.94. The number of amides is 1. The minimum absolute atomic E-state index is 0. The van der Waals surface area contributed by atoms with E-state index in [9.17, 15) is 4.79 Å². The van der Waals surface area contributed by atoms with Crippen LogP contribution in [-0.2, 0) is 11.2 Å². The van der Waals surface area contributed by atoms with Crippen LogP contribution in [0, 0.1) is 0 Å². The van der Waals surface area contributed by atoms with Gasteiger partial charge in [-0.05, 0) is 12.0 Å². The molecule has 1 aliphatic heterocycles. The van der Waals surface area contributed by atoms with Crippen LogP contribution in [0.25, 0.3) is 0 Å². The fourth-order valence-corrected chi connectivity index (χ4v) is 3.22. The fourth-order valence-electron chi connectivity index (χ4n) is 2.21. The van der Waals surface area contributed by atoms with E-state index in [0.29, 0.717) is 11.7 Å². The number of hydrogen-bond acceptors (Lipinski definition) is 3. The van der Waals surface area contributed by atoms with Gasteiger partial charge in [0.05, 0.1) is 6.04 Å². The molecule has 1 aliphatic rings. The summed E-state index contributed by atoms with van der Waals surface area (Å²) >= 11 is 1.92. The van der Waals surface area contributed by atoms with Crippen LogP contribution in [0.5, 0.6) is 0 Å². The van der Waals surface area contributed by atoms with Crippen LogP contribution in [0.15, 0.2) is 30.3 Å². The van der Waals surface area contributed by atoms with Crippen molar-refractivity contribution in [2.45, 2.75) is 24.6 Å². The van der Waals surface area contributed by atoms with Crippen molar-refractivity contribution in [3.63, 3.8) is 0 Å². The average Bonchev–Trinajstić information content (AvgIpc) is 2.39. The molecular weight excluding hydrogens is 280 g/mol. The molecule has 0 aliphatic carbocycles. The summed E-state index contributed by atoms with van der Waals surface area (Å²) in [6.07, 6.45) is 0.623. The molecule has 0 saturated carbocycles. The number of nitrogens with two attached hydrogens (primary N) is 1. The molecule has 1 fully saturated rings. The summed E-state index contributed by atoms with van der Waals surface area (Å²) in [4.78, 5) is 14.2. The Morgan fingerprint density at radius 2 is 2.16 bits per heavy atom. The van der Waals surface area contributed by atoms with Crippen LogP contribution in [0.3, 0.4) is 0 Å². The molecule has 1 amide bonds. The van der Waals surface area contributed by atoms with Crippen molar-refractivity contribution < 1.29 is 4.79 Å². The number of carbonyl (C=O) groups is 1. The zero-order chi connectivity index (χ0) is 13.0. The Labute approximate surface area is 125 Å². The minimum Gasteiger partial charge on any atom is -0.339 e. The number of nitrogens with zero attached hydrogens (tertiary/aromatic N) is 1. The SMILES string of the molecule is CC1CN(C(=O)C(N)Cc2ccccc2)CCS1.Cl. The molecule has 0 spiro atoms. The smallest absolute Gasteiger partial charge is 0.239 e. The maximum atomic E-state index is 12.2. The van der Waals surface area contributed by atoms with Crippen LogP contribution >= 0.6 is 24.2 Å². The van der Waals surface area contributed by atoms with Crippen molar-refractivity contribution in [2.24, 2.45) is 5.73 Å². The van der Waals surface area contributed by atoms with Gasteiger partial charge < -0.3 is 10.6 Å². The molecule has 2 unspecified atom stereocenters. The van der Waals surface area contributed by atoms with Gasteiger partial charge >= 0.3 is 0 Å². The highest BCUT2D eigenvalue weighted by molar-refractivity contribution is 7.99. The van der Waals surface area contributed by atoms with Gasteiger partial charge in [-0.2, -0.15) is 11.8 Å². The van der Waals surface area contributed by atoms with Crippen LogP contribution in [0.4, 0.5) is 0 Å². The van der Waals surface area contributed by atoms with Gasteiger partial charge in [0.25, 0.3) is 0 Å². The Hall–Kier alpha value is -0.710. The van der Waals surface area contributed by atoms with Crippen LogP contribution in [-0.4, -0.2) is 40.9 Å². The molecule has 2 N–H and O–H groups in total. The molecule has 2 atom stereocenters. The molecule has 3 nitrogen and oxygen atoms in total. The Balaban J connectivity index is 0.00000180. The quantitative estimate of drug-likeness (QED) is 0.928. The first-order valence-corrected chi connectivity index (χ1v) is 7.41. The summed E-state index contributed by atoms with van der Waals surface area (Å²) in [7, 11) is 0.